The number of hydrogen-bond acceptors (Lipinski definition) is 2. The fourth-order valence-electron chi connectivity index (χ4n) is 3.10. The van der Waals surface area contributed by atoms with Crippen LogP contribution in [0.3, 0.4) is 0 Å². The second kappa shape index (κ2) is 6.80. The quantitative estimate of drug-likeness (QED) is 0.580. The number of nitrogens with zero attached hydrogens (tertiary/aromatic N) is 1. The molecule has 0 spiro atoms. The van der Waals surface area contributed by atoms with Gasteiger partial charge in [-0.2, -0.15) is 13.2 Å². The lowest BCUT2D eigenvalue weighted by atomic mass is 10.0. The SMILES string of the molecule is CC(C)n1cc(-c2ccc(C(F)(F)F)c(F)c2)c2ccc(NS(C)(=O)=O)cc21. The number of rotatable bonds is 4. The molecule has 1 N–H and O–H groups in total. The zero-order valence-electron chi connectivity index (χ0n) is 15.3. The van der Waals surface area contributed by atoms with Gasteiger partial charge in [-0.15, -0.1) is 0 Å². The van der Waals surface area contributed by atoms with Crippen molar-refractivity contribution in [2.24, 2.45) is 0 Å². The standard InChI is InChI=1S/C19H18F4N2O2S/c1-11(2)25-10-15(12-4-7-16(17(20)8-12)19(21,22)23)14-6-5-13(9-18(14)25)24-28(3,26)27/h4-11,24H,1-3H3. The van der Waals surface area contributed by atoms with Crippen LogP contribution in [-0.2, 0) is 16.2 Å². The second-order valence-corrected chi connectivity index (χ2v) is 8.59. The minimum atomic E-state index is -4.76. The molecule has 0 aliphatic rings. The van der Waals surface area contributed by atoms with Crippen molar-refractivity contribution in [1.29, 1.82) is 0 Å². The molecule has 1 aromatic heterocycles. The number of halogens is 4. The van der Waals surface area contributed by atoms with Crippen molar-refractivity contribution in [2.45, 2.75) is 26.1 Å². The number of benzene rings is 2. The molecule has 0 saturated carbocycles. The minimum Gasteiger partial charge on any atom is -0.344 e. The van der Waals surface area contributed by atoms with Gasteiger partial charge in [-0.05, 0) is 43.7 Å². The van der Waals surface area contributed by atoms with Gasteiger partial charge in [-0.3, -0.25) is 4.72 Å². The first-order valence-corrected chi connectivity index (χ1v) is 10.3. The van der Waals surface area contributed by atoms with Crippen LogP contribution in [-0.4, -0.2) is 19.2 Å². The third-order valence-electron chi connectivity index (χ3n) is 4.28. The van der Waals surface area contributed by atoms with Crippen molar-refractivity contribution in [2.75, 3.05) is 11.0 Å². The van der Waals surface area contributed by atoms with Crippen molar-refractivity contribution in [3.8, 4) is 11.1 Å². The van der Waals surface area contributed by atoms with E-state index in [0.717, 1.165) is 18.4 Å². The van der Waals surface area contributed by atoms with Crippen LogP contribution in [0.4, 0.5) is 23.2 Å². The highest BCUT2D eigenvalue weighted by Crippen LogP contribution is 2.37. The van der Waals surface area contributed by atoms with Gasteiger partial charge in [-0.25, -0.2) is 12.8 Å². The Labute approximate surface area is 159 Å². The van der Waals surface area contributed by atoms with Gasteiger partial charge < -0.3 is 4.57 Å². The molecule has 2 aromatic carbocycles. The molecular weight excluding hydrogens is 396 g/mol. The number of anilines is 1. The molecule has 1 heterocycles. The summed E-state index contributed by atoms with van der Waals surface area (Å²) in [5.74, 6) is -1.34. The van der Waals surface area contributed by atoms with E-state index in [2.05, 4.69) is 4.72 Å². The third kappa shape index (κ3) is 3.99. The molecule has 150 valence electrons. The normalized spacial score (nSPS) is 12.7. The molecule has 0 aliphatic heterocycles. The summed E-state index contributed by atoms with van der Waals surface area (Å²) in [6, 6.07) is 7.66. The molecule has 0 aliphatic carbocycles. The van der Waals surface area contributed by atoms with Crippen LogP contribution in [0.5, 0.6) is 0 Å². The maximum Gasteiger partial charge on any atom is 0.419 e. The van der Waals surface area contributed by atoms with E-state index in [1.165, 1.54) is 6.07 Å². The monoisotopic (exact) mass is 414 g/mol. The molecule has 4 nitrogen and oxygen atoms in total. The molecule has 3 rings (SSSR count). The van der Waals surface area contributed by atoms with Gasteiger partial charge in [0.15, 0.2) is 0 Å². The van der Waals surface area contributed by atoms with E-state index >= 15 is 0 Å². The van der Waals surface area contributed by atoms with E-state index < -0.39 is 27.6 Å². The highest BCUT2D eigenvalue weighted by atomic mass is 32.2. The maximum atomic E-state index is 14.0. The van der Waals surface area contributed by atoms with Crippen LogP contribution in [0.1, 0.15) is 25.5 Å². The average Bonchev–Trinajstić information content (AvgIpc) is 2.91. The van der Waals surface area contributed by atoms with Crippen LogP contribution in [0, 0.1) is 5.82 Å². The summed E-state index contributed by atoms with van der Waals surface area (Å²) in [5.41, 5.74) is 0.587. The molecule has 0 unspecified atom stereocenters. The Bertz CT molecular complexity index is 1150. The topological polar surface area (TPSA) is 51.1 Å². The van der Waals surface area contributed by atoms with Crippen molar-refractivity contribution in [1.82, 2.24) is 4.57 Å². The number of aromatic nitrogens is 1. The number of fused-ring (bicyclic) bond motifs is 1. The summed E-state index contributed by atoms with van der Waals surface area (Å²) in [6.45, 7) is 3.82. The first kappa shape index (κ1) is 20.2. The summed E-state index contributed by atoms with van der Waals surface area (Å²) in [7, 11) is -3.46. The largest absolute Gasteiger partial charge is 0.419 e. The summed E-state index contributed by atoms with van der Waals surface area (Å²) in [6.07, 6.45) is -2.00. The zero-order valence-corrected chi connectivity index (χ0v) is 16.1. The Balaban J connectivity index is 2.18. The summed E-state index contributed by atoms with van der Waals surface area (Å²) in [4.78, 5) is 0. The minimum absolute atomic E-state index is 0.0102. The lowest BCUT2D eigenvalue weighted by molar-refractivity contribution is -0.139. The van der Waals surface area contributed by atoms with Gasteiger partial charge in [0.1, 0.15) is 5.82 Å². The Hall–Kier alpha value is -2.55. The number of nitrogens with one attached hydrogen (secondary N) is 1. The van der Waals surface area contributed by atoms with Gasteiger partial charge >= 0.3 is 6.18 Å². The third-order valence-corrected chi connectivity index (χ3v) is 4.89. The predicted molar refractivity (Wildman–Crippen MR) is 101 cm³/mol. The van der Waals surface area contributed by atoms with Crippen molar-refractivity contribution >= 4 is 26.6 Å². The van der Waals surface area contributed by atoms with E-state index in [1.54, 1.807) is 24.4 Å². The molecule has 0 amide bonds. The Kier molecular flexibility index (Phi) is 4.91. The fraction of sp³-hybridized carbons (Fsp3) is 0.263. The first-order chi connectivity index (χ1) is 12.9. The molecule has 0 atom stereocenters. The van der Waals surface area contributed by atoms with Crippen LogP contribution in [0.25, 0.3) is 22.0 Å². The van der Waals surface area contributed by atoms with Crippen molar-refractivity contribution in [3.63, 3.8) is 0 Å². The molecule has 0 bridgehead atoms. The summed E-state index contributed by atoms with van der Waals surface area (Å²) >= 11 is 0. The lowest BCUT2D eigenvalue weighted by Crippen LogP contribution is -2.09. The molecule has 28 heavy (non-hydrogen) atoms. The van der Waals surface area contributed by atoms with Crippen LogP contribution < -0.4 is 4.72 Å². The number of alkyl halides is 3. The fourth-order valence-corrected chi connectivity index (χ4v) is 3.65. The van der Waals surface area contributed by atoms with Gasteiger partial charge in [-0.1, -0.05) is 12.1 Å². The molecule has 0 radical (unpaired) electrons. The van der Waals surface area contributed by atoms with Crippen LogP contribution in [0.2, 0.25) is 0 Å². The van der Waals surface area contributed by atoms with Gasteiger partial charge in [0.2, 0.25) is 10.0 Å². The number of hydrogen-bond donors (Lipinski definition) is 1. The van der Waals surface area contributed by atoms with Gasteiger partial charge in [0.25, 0.3) is 0 Å². The molecule has 0 fully saturated rings. The van der Waals surface area contributed by atoms with Crippen LogP contribution >= 0.6 is 0 Å². The smallest absolute Gasteiger partial charge is 0.344 e. The Morgan fingerprint density at radius 1 is 1.07 bits per heavy atom. The zero-order chi connectivity index (χ0) is 20.9. The van der Waals surface area contributed by atoms with Gasteiger partial charge in [0, 0.05) is 23.2 Å². The first-order valence-electron chi connectivity index (χ1n) is 8.36. The second-order valence-electron chi connectivity index (χ2n) is 6.84. The van der Waals surface area contributed by atoms with E-state index in [-0.39, 0.29) is 6.04 Å². The van der Waals surface area contributed by atoms with E-state index in [1.807, 2.05) is 18.4 Å². The highest BCUT2D eigenvalue weighted by Gasteiger charge is 2.34. The van der Waals surface area contributed by atoms with E-state index in [4.69, 9.17) is 0 Å². The maximum absolute atomic E-state index is 14.0. The summed E-state index contributed by atoms with van der Waals surface area (Å²) in [5, 5.41) is 0.673. The predicted octanol–water partition coefficient (Wildman–Crippen LogP) is 5.42. The lowest BCUT2D eigenvalue weighted by Gasteiger charge is -2.10. The Morgan fingerprint density at radius 3 is 2.29 bits per heavy atom. The summed E-state index contributed by atoms with van der Waals surface area (Å²) < 4.78 is 79.7. The van der Waals surface area contributed by atoms with Crippen LogP contribution in [0.15, 0.2) is 42.6 Å². The van der Waals surface area contributed by atoms with E-state index in [0.29, 0.717) is 27.7 Å². The highest BCUT2D eigenvalue weighted by molar-refractivity contribution is 7.92. The molecule has 3 aromatic rings. The van der Waals surface area contributed by atoms with Crippen molar-refractivity contribution in [3.05, 3.63) is 54.0 Å². The van der Waals surface area contributed by atoms with E-state index in [9.17, 15) is 26.0 Å². The van der Waals surface area contributed by atoms with Gasteiger partial charge in [0.05, 0.1) is 23.0 Å². The molecule has 0 saturated heterocycles. The number of sulfonamides is 1. The Morgan fingerprint density at radius 2 is 1.75 bits per heavy atom. The van der Waals surface area contributed by atoms with Crippen molar-refractivity contribution < 1.29 is 26.0 Å². The molecule has 9 heteroatoms. The average molecular weight is 414 g/mol. The molecular formula is C19H18F4N2O2S.